The number of benzene rings is 1. The van der Waals surface area contributed by atoms with E-state index in [0.717, 1.165) is 63.7 Å². The zero-order valence-electron chi connectivity index (χ0n) is 18.6. The fourth-order valence-corrected chi connectivity index (χ4v) is 5.77. The molecule has 178 valence electrons. The summed E-state index contributed by atoms with van der Waals surface area (Å²) in [7, 11) is 0. The second-order valence-corrected chi connectivity index (χ2v) is 9.16. The topological polar surface area (TPSA) is 53.1 Å². The number of fused-ring (bicyclic) bond motifs is 2. The summed E-state index contributed by atoms with van der Waals surface area (Å²) in [6.45, 7) is 5.98. The van der Waals surface area contributed by atoms with Gasteiger partial charge in [-0.25, -0.2) is 9.18 Å². The molecule has 3 saturated heterocycles. The molecule has 2 unspecified atom stereocenters. The van der Waals surface area contributed by atoms with Gasteiger partial charge >= 0.3 is 6.09 Å². The third-order valence-electron chi connectivity index (χ3n) is 7.17. The fraction of sp³-hybridized carbons (Fsp3) is 0.680. The first kappa shape index (κ1) is 24.5. The smallest absolute Gasteiger partial charge is 0.410 e. The normalized spacial score (nSPS) is 25.8. The van der Waals surface area contributed by atoms with Crippen molar-refractivity contribution in [3.05, 3.63) is 30.1 Å². The van der Waals surface area contributed by atoms with Gasteiger partial charge in [0.1, 0.15) is 5.82 Å². The molecule has 32 heavy (non-hydrogen) atoms. The van der Waals surface area contributed by atoms with Crippen molar-refractivity contribution in [3.63, 3.8) is 0 Å². The lowest BCUT2D eigenvalue weighted by Crippen LogP contribution is -2.55. The van der Waals surface area contributed by atoms with Crippen LogP contribution in [-0.2, 0) is 9.53 Å². The number of carbonyl (C=O) groups is 2. The molecule has 0 N–H and O–H groups in total. The number of likely N-dealkylation sites (tertiary alicyclic amines) is 1. The van der Waals surface area contributed by atoms with Crippen LogP contribution in [0.5, 0.6) is 0 Å². The van der Waals surface area contributed by atoms with Crippen molar-refractivity contribution < 1.29 is 18.7 Å². The van der Waals surface area contributed by atoms with Gasteiger partial charge in [-0.15, -0.1) is 0 Å². The quantitative estimate of drug-likeness (QED) is 0.649. The number of anilines is 1. The van der Waals surface area contributed by atoms with Crippen molar-refractivity contribution in [3.8, 4) is 0 Å². The molecule has 2 atom stereocenters. The molecule has 0 aromatic heterocycles. The zero-order valence-corrected chi connectivity index (χ0v) is 18.6. The lowest BCUT2D eigenvalue weighted by atomic mass is 9.93. The van der Waals surface area contributed by atoms with Crippen molar-refractivity contribution in [2.24, 2.45) is 0 Å². The van der Waals surface area contributed by atoms with Crippen LogP contribution in [-0.4, -0.2) is 65.7 Å². The van der Waals surface area contributed by atoms with E-state index in [9.17, 15) is 14.0 Å². The third kappa shape index (κ3) is 5.08. The van der Waals surface area contributed by atoms with E-state index in [0.29, 0.717) is 24.7 Å². The Morgan fingerprint density at radius 1 is 1.03 bits per heavy atom. The highest BCUT2D eigenvalue weighted by atomic mass is 19.1. The van der Waals surface area contributed by atoms with Crippen LogP contribution in [0.2, 0.25) is 0 Å². The third-order valence-corrected chi connectivity index (χ3v) is 7.17. The molecule has 3 fully saturated rings. The van der Waals surface area contributed by atoms with Gasteiger partial charge in [0, 0.05) is 49.9 Å². The fourth-order valence-electron chi connectivity index (χ4n) is 5.77. The van der Waals surface area contributed by atoms with Crippen LogP contribution < -0.4 is 4.90 Å². The average Bonchev–Trinajstić information content (AvgIpc) is 3.03. The van der Waals surface area contributed by atoms with Gasteiger partial charge in [-0.2, -0.15) is 0 Å². The monoisotopic (exact) mass is 447 g/mol. The summed E-state index contributed by atoms with van der Waals surface area (Å²) in [5, 5.41) is 0. The Morgan fingerprint density at radius 3 is 2.16 bits per heavy atom. The number of nitrogens with zero attached hydrogens (tertiary/aromatic N) is 3. The van der Waals surface area contributed by atoms with Crippen molar-refractivity contribution in [1.29, 1.82) is 0 Å². The van der Waals surface area contributed by atoms with Gasteiger partial charge in [0.05, 0.1) is 6.61 Å². The predicted octanol–water partition coefficient (Wildman–Crippen LogP) is 4.82. The highest BCUT2D eigenvalue weighted by Crippen LogP contribution is 2.39. The van der Waals surface area contributed by atoms with Gasteiger partial charge in [0.2, 0.25) is 5.91 Å². The molecule has 3 aliphatic rings. The van der Waals surface area contributed by atoms with E-state index in [1.807, 2.05) is 16.7 Å². The molecule has 7 heteroatoms. The number of carbonyl (C=O) groups excluding carboxylic acids is 2. The van der Waals surface area contributed by atoms with Crippen LogP contribution in [0.25, 0.3) is 0 Å². The van der Waals surface area contributed by atoms with Crippen LogP contribution in [0.3, 0.4) is 0 Å². The van der Waals surface area contributed by atoms with Crippen molar-refractivity contribution in [1.82, 2.24) is 9.80 Å². The minimum absolute atomic E-state index is 0. The van der Waals surface area contributed by atoms with Crippen LogP contribution in [0.15, 0.2) is 24.3 Å². The molecule has 3 heterocycles. The Labute approximate surface area is 191 Å². The van der Waals surface area contributed by atoms with Gasteiger partial charge in [-0.1, -0.05) is 14.4 Å². The maximum Gasteiger partial charge on any atom is 0.410 e. The van der Waals surface area contributed by atoms with Crippen LogP contribution in [0.1, 0.15) is 66.2 Å². The predicted molar refractivity (Wildman–Crippen MR) is 124 cm³/mol. The van der Waals surface area contributed by atoms with E-state index >= 15 is 0 Å². The number of amides is 2. The first-order valence-electron chi connectivity index (χ1n) is 11.7. The van der Waals surface area contributed by atoms with Gasteiger partial charge in [-0.05, 0) is 69.2 Å². The number of piperidine rings is 2. The summed E-state index contributed by atoms with van der Waals surface area (Å²) in [6, 6.07) is 7.41. The lowest BCUT2D eigenvalue weighted by molar-refractivity contribution is -0.117. The molecule has 2 amide bonds. The van der Waals surface area contributed by atoms with E-state index < -0.39 is 0 Å². The Morgan fingerprint density at radius 2 is 1.62 bits per heavy atom. The molecule has 0 saturated carbocycles. The standard InChI is InChI=1S/C24H34FN3O3.CH4/c1-3-14-31-24(30)28-21-8-9-22(28)16-23(15-21)26-12-10-20(11-13-26)27(17(2)29)19-6-4-18(25)5-7-19;/h4-7,20-23H,3,8-16H2,1-2H3;1H4. The molecule has 0 radical (unpaired) electrons. The highest BCUT2D eigenvalue weighted by molar-refractivity contribution is 5.92. The molecule has 0 aliphatic carbocycles. The second-order valence-electron chi connectivity index (χ2n) is 9.16. The molecule has 1 aromatic carbocycles. The van der Waals surface area contributed by atoms with E-state index in [4.69, 9.17) is 4.74 Å². The Bertz CT molecular complexity index is 765. The molecule has 3 aliphatic heterocycles. The maximum atomic E-state index is 13.3. The number of hydrogen-bond donors (Lipinski definition) is 0. The Balaban J connectivity index is 0.00000289. The molecule has 0 spiro atoms. The second kappa shape index (κ2) is 10.6. The van der Waals surface area contributed by atoms with Crippen LogP contribution >= 0.6 is 0 Å². The van der Waals surface area contributed by atoms with Gasteiger partial charge in [0.15, 0.2) is 0 Å². The lowest BCUT2D eigenvalue weighted by Gasteiger charge is -2.46. The Kier molecular flexibility index (Phi) is 8.15. The molecule has 6 nitrogen and oxygen atoms in total. The minimum Gasteiger partial charge on any atom is -0.449 e. The minimum atomic E-state index is -0.290. The number of ether oxygens (including phenoxy) is 1. The molecule has 4 rings (SSSR count). The van der Waals surface area contributed by atoms with Gasteiger partial charge in [-0.3, -0.25) is 4.79 Å². The number of halogens is 1. The summed E-state index contributed by atoms with van der Waals surface area (Å²) in [6.07, 6.45) is 6.69. The van der Waals surface area contributed by atoms with Crippen LogP contribution in [0.4, 0.5) is 14.9 Å². The van der Waals surface area contributed by atoms with Gasteiger partial charge in [0.25, 0.3) is 0 Å². The van der Waals surface area contributed by atoms with E-state index in [1.165, 1.54) is 12.1 Å². The summed E-state index contributed by atoms with van der Waals surface area (Å²) < 4.78 is 18.7. The summed E-state index contributed by atoms with van der Waals surface area (Å²) in [5.74, 6) is -0.288. The van der Waals surface area contributed by atoms with Crippen molar-refractivity contribution in [2.45, 2.75) is 90.4 Å². The van der Waals surface area contributed by atoms with E-state index in [1.54, 1.807) is 19.1 Å². The molecular formula is C25H38FN3O3. The number of hydrogen-bond acceptors (Lipinski definition) is 4. The highest BCUT2D eigenvalue weighted by Gasteiger charge is 2.46. The first-order chi connectivity index (χ1) is 15.0. The molecule has 2 bridgehead atoms. The first-order valence-corrected chi connectivity index (χ1v) is 11.7. The van der Waals surface area contributed by atoms with Gasteiger partial charge < -0.3 is 19.4 Å². The SMILES string of the molecule is C.CCCOC(=O)N1C2CCC1CC(N1CCC(N(C(C)=O)c3ccc(F)cc3)CC1)C2. The maximum absolute atomic E-state index is 13.3. The number of rotatable bonds is 5. The summed E-state index contributed by atoms with van der Waals surface area (Å²) in [5.41, 5.74) is 0.768. The van der Waals surface area contributed by atoms with Crippen molar-refractivity contribution >= 4 is 17.7 Å². The largest absolute Gasteiger partial charge is 0.449 e. The van der Waals surface area contributed by atoms with Crippen molar-refractivity contribution in [2.75, 3.05) is 24.6 Å². The molecular weight excluding hydrogens is 409 g/mol. The zero-order chi connectivity index (χ0) is 22.0. The van der Waals surface area contributed by atoms with E-state index in [2.05, 4.69) is 4.90 Å². The Hall–Kier alpha value is -2.15. The van der Waals surface area contributed by atoms with Crippen LogP contribution in [0, 0.1) is 5.82 Å². The summed E-state index contributed by atoms with van der Waals surface area (Å²) >= 11 is 0. The van der Waals surface area contributed by atoms with E-state index in [-0.39, 0.29) is 31.3 Å². The molecule has 1 aromatic rings. The average molecular weight is 448 g/mol. The summed E-state index contributed by atoms with van der Waals surface area (Å²) in [4.78, 5) is 31.2.